The third-order valence-electron chi connectivity index (χ3n) is 4.56. The number of aliphatic hydroxyl groups is 1. The van der Waals surface area contributed by atoms with Crippen LogP contribution in [0.1, 0.15) is 36.9 Å². The fourth-order valence-corrected chi connectivity index (χ4v) is 3.27. The Balaban J connectivity index is 1.73. The van der Waals surface area contributed by atoms with Crippen LogP contribution in [0.3, 0.4) is 0 Å². The molecule has 5 nitrogen and oxygen atoms in total. The summed E-state index contributed by atoms with van der Waals surface area (Å²) in [5.41, 5.74) is 2.16. The summed E-state index contributed by atoms with van der Waals surface area (Å²) in [6.45, 7) is 1.60. The van der Waals surface area contributed by atoms with E-state index in [9.17, 15) is 5.11 Å². The van der Waals surface area contributed by atoms with Crippen molar-refractivity contribution in [2.24, 2.45) is 0 Å². The topological polar surface area (TPSA) is 58.7 Å². The number of hydrogen-bond acceptors (Lipinski definition) is 5. The molecular formula is C18H24N2O3. The molecule has 0 atom stereocenters. The molecule has 124 valence electrons. The Kier molecular flexibility index (Phi) is 5.31. The van der Waals surface area contributed by atoms with Crippen LogP contribution in [0.5, 0.6) is 5.75 Å². The van der Waals surface area contributed by atoms with E-state index in [4.69, 9.17) is 9.26 Å². The van der Waals surface area contributed by atoms with Crippen LogP contribution in [0.15, 0.2) is 41.1 Å². The predicted octanol–water partition coefficient (Wildman–Crippen LogP) is 2.99. The molecule has 1 aliphatic carbocycles. The minimum atomic E-state index is -0.142. The van der Waals surface area contributed by atoms with E-state index in [2.05, 4.69) is 22.2 Å². The van der Waals surface area contributed by atoms with E-state index in [1.165, 1.54) is 5.56 Å². The van der Waals surface area contributed by atoms with E-state index < -0.39 is 0 Å². The molecule has 1 aromatic heterocycles. The number of hydrogen-bond donors (Lipinski definition) is 1. The molecule has 1 aromatic carbocycles. The van der Waals surface area contributed by atoms with Gasteiger partial charge < -0.3 is 14.4 Å². The first-order valence-electron chi connectivity index (χ1n) is 8.19. The summed E-state index contributed by atoms with van der Waals surface area (Å²) >= 11 is 0. The average Bonchev–Trinajstić information content (AvgIpc) is 3.08. The highest BCUT2D eigenvalue weighted by Crippen LogP contribution is 2.26. The number of aliphatic hydroxyl groups excluding tert-OH is 1. The lowest BCUT2D eigenvalue weighted by Gasteiger charge is -2.35. The summed E-state index contributed by atoms with van der Waals surface area (Å²) in [5, 5.41) is 13.8. The van der Waals surface area contributed by atoms with Crippen LogP contribution < -0.4 is 4.74 Å². The van der Waals surface area contributed by atoms with Crippen LogP contribution in [-0.4, -0.2) is 34.4 Å². The third kappa shape index (κ3) is 4.33. The molecular weight excluding hydrogens is 292 g/mol. The lowest BCUT2D eigenvalue weighted by atomic mass is 9.91. The van der Waals surface area contributed by atoms with Crippen molar-refractivity contribution in [2.45, 2.75) is 50.9 Å². The number of ether oxygens (including phenoxy) is 1. The molecule has 2 aromatic rings. The summed E-state index contributed by atoms with van der Waals surface area (Å²) in [6.07, 6.45) is 5.25. The molecule has 3 rings (SSSR count). The normalized spacial score (nSPS) is 21.5. The molecule has 0 bridgehead atoms. The smallest absolute Gasteiger partial charge is 0.124 e. The van der Waals surface area contributed by atoms with Gasteiger partial charge >= 0.3 is 0 Å². The van der Waals surface area contributed by atoms with Crippen molar-refractivity contribution in [1.82, 2.24) is 10.1 Å². The maximum absolute atomic E-state index is 9.76. The van der Waals surface area contributed by atoms with Gasteiger partial charge in [0.2, 0.25) is 0 Å². The summed E-state index contributed by atoms with van der Waals surface area (Å²) in [5.74, 6) is 0.878. The number of methoxy groups -OCH3 is 1. The first-order valence-corrected chi connectivity index (χ1v) is 8.19. The highest BCUT2D eigenvalue weighted by Gasteiger charge is 2.25. The molecule has 1 heterocycles. The Morgan fingerprint density at radius 2 is 2.04 bits per heavy atom. The van der Waals surface area contributed by atoms with Gasteiger partial charge in [0, 0.05) is 25.2 Å². The van der Waals surface area contributed by atoms with Crippen molar-refractivity contribution in [3.8, 4) is 5.75 Å². The summed E-state index contributed by atoms with van der Waals surface area (Å²) in [7, 11) is 1.69. The highest BCUT2D eigenvalue weighted by molar-refractivity contribution is 5.28. The second kappa shape index (κ2) is 7.62. The predicted molar refractivity (Wildman–Crippen MR) is 87.0 cm³/mol. The molecule has 5 heteroatoms. The fraction of sp³-hybridized carbons (Fsp3) is 0.500. The van der Waals surface area contributed by atoms with Crippen molar-refractivity contribution in [3.63, 3.8) is 0 Å². The molecule has 1 fully saturated rings. The summed E-state index contributed by atoms with van der Waals surface area (Å²) in [4.78, 5) is 2.43. The van der Waals surface area contributed by atoms with Crippen LogP contribution in [0, 0.1) is 0 Å². The number of aromatic nitrogens is 1. The van der Waals surface area contributed by atoms with Gasteiger partial charge in [0.05, 0.1) is 18.9 Å². The molecule has 0 amide bonds. The second-order valence-corrected chi connectivity index (χ2v) is 6.21. The Bertz CT molecular complexity index is 592. The molecule has 23 heavy (non-hydrogen) atoms. The van der Waals surface area contributed by atoms with Crippen LogP contribution in [0.2, 0.25) is 0 Å². The molecule has 0 unspecified atom stereocenters. The third-order valence-corrected chi connectivity index (χ3v) is 4.56. The van der Waals surface area contributed by atoms with Gasteiger partial charge in [-0.05, 0) is 43.4 Å². The maximum atomic E-state index is 9.76. The second-order valence-electron chi connectivity index (χ2n) is 6.21. The van der Waals surface area contributed by atoms with E-state index in [0.29, 0.717) is 6.04 Å². The van der Waals surface area contributed by atoms with Crippen molar-refractivity contribution < 1.29 is 14.4 Å². The minimum absolute atomic E-state index is 0.142. The number of rotatable bonds is 6. The van der Waals surface area contributed by atoms with Gasteiger partial charge in [-0.15, -0.1) is 0 Å². The van der Waals surface area contributed by atoms with Gasteiger partial charge in [0.15, 0.2) is 0 Å². The molecule has 0 spiro atoms. The highest BCUT2D eigenvalue weighted by atomic mass is 16.5. The largest absolute Gasteiger partial charge is 0.497 e. The molecule has 0 radical (unpaired) electrons. The van der Waals surface area contributed by atoms with Gasteiger partial charge in [-0.25, -0.2) is 0 Å². The lowest BCUT2D eigenvalue weighted by Crippen LogP contribution is -2.38. The Morgan fingerprint density at radius 1 is 1.22 bits per heavy atom. The van der Waals surface area contributed by atoms with Crippen molar-refractivity contribution >= 4 is 0 Å². The Labute approximate surface area is 136 Å². The zero-order chi connectivity index (χ0) is 16.1. The number of nitrogens with zero attached hydrogens (tertiary/aromatic N) is 2. The van der Waals surface area contributed by atoms with Crippen LogP contribution in [0.4, 0.5) is 0 Å². The van der Waals surface area contributed by atoms with Gasteiger partial charge in [0.1, 0.15) is 12.0 Å². The van der Waals surface area contributed by atoms with Gasteiger partial charge in [-0.2, -0.15) is 0 Å². The molecule has 1 N–H and O–H groups in total. The average molecular weight is 316 g/mol. The van der Waals surface area contributed by atoms with E-state index in [-0.39, 0.29) is 6.10 Å². The first kappa shape index (κ1) is 16.0. The van der Waals surface area contributed by atoms with E-state index >= 15 is 0 Å². The summed E-state index contributed by atoms with van der Waals surface area (Å²) in [6, 6.07) is 10.6. The monoisotopic (exact) mass is 316 g/mol. The van der Waals surface area contributed by atoms with Crippen molar-refractivity contribution in [1.29, 1.82) is 0 Å². The zero-order valence-electron chi connectivity index (χ0n) is 13.5. The summed E-state index contributed by atoms with van der Waals surface area (Å²) < 4.78 is 10.3. The molecule has 0 aliphatic heterocycles. The van der Waals surface area contributed by atoms with Crippen LogP contribution in [-0.2, 0) is 13.1 Å². The SMILES string of the molecule is COc1cccc(CN(Cc2ccon2)C2CCC(O)CC2)c1. The quantitative estimate of drug-likeness (QED) is 0.888. The van der Waals surface area contributed by atoms with E-state index in [0.717, 1.165) is 50.2 Å². The standard InChI is InChI=1S/C18H24N2O3/c1-22-18-4-2-3-14(11-18)12-20(13-15-9-10-23-19-15)16-5-7-17(21)8-6-16/h2-4,9-11,16-17,21H,5-8,12-13H2,1H3. The van der Waals surface area contributed by atoms with Crippen LogP contribution >= 0.6 is 0 Å². The first-order chi connectivity index (χ1) is 11.2. The molecule has 1 aliphatic rings. The Morgan fingerprint density at radius 3 is 2.74 bits per heavy atom. The zero-order valence-corrected chi connectivity index (χ0v) is 13.5. The van der Waals surface area contributed by atoms with E-state index in [1.54, 1.807) is 13.4 Å². The lowest BCUT2D eigenvalue weighted by molar-refractivity contribution is 0.0655. The minimum Gasteiger partial charge on any atom is -0.497 e. The fourth-order valence-electron chi connectivity index (χ4n) is 3.27. The van der Waals surface area contributed by atoms with Gasteiger partial charge in [0.25, 0.3) is 0 Å². The molecule has 1 saturated carbocycles. The van der Waals surface area contributed by atoms with E-state index in [1.807, 2.05) is 18.2 Å². The molecule has 0 saturated heterocycles. The van der Waals surface area contributed by atoms with Crippen LogP contribution in [0.25, 0.3) is 0 Å². The van der Waals surface area contributed by atoms with Gasteiger partial charge in [-0.3, -0.25) is 4.90 Å². The van der Waals surface area contributed by atoms with Crippen molar-refractivity contribution in [3.05, 3.63) is 47.9 Å². The van der Waals surface area contributed by atoms with Crippen molar-refractivity contribution in [2.75, 3.05) is 7.11 Å². The Hall–Kier alpha value is -1.85. The maximum Gasteiger partial charge on any atom is 0.124 e. The van der Waals surface area contributed by atoms with Gasteiger partial charge in [-0.1, -0.05) is 17.3 Å². The number of benzene rings is 1.